The zero-order valence-corrected chi connectivity index (χ0v) is 11.9. The van der Waals surface area contributed by atoms with Crippen LogP contribution in [0.4, 0.5) is 0 Å². The summed E-state index contributed by atoms with van der Waals surface area (Å²) in [6.07, 6.45) is 5.37. The molecule has 0 aromatic heterocycles. The molecule has 19 heavy (non-hydrogen) atoms. The average Bonchev–Trinajstić information content (AvgIpc) is 2.70. The van der Waals surface area contributed by atoms with Crippen molar-refractivity contribution in [3.05, 3.63) is 29.8 Å². The highest BCUT2D eigenvalue weighted by atomic mass is 32.2. The van der Waals surface area contributed by atoms with E-state index >= 15 is 0 Å². The van der Waals surface area contributed by atoms with Gasteiger partial charge in [-0.3, -0.25) is 4.79 Å². The highest BCUT2D eigenvalue weighted by Gasteiger charge is 2.42. The number of amides is 1. The van der Waals surface area contributed by atoms with Crippen LogP contribution in [0.1, 0.15) is 36.0 Å². The maximum absolute atomic E-state index is 12.6. The van der Waals surface area contributed by atoms with Crippen LogP contribution in [0.3, 0.4) is 0 Å². The summed E-state index contributed by atoms with van der Waals surface area (Å²) in [5, 5.41) is 9.79. The van der Waals surface area contributed by atoms with Gasteiger partial charge in [-0.05, 0) is 56.2 Å². The van der Waals surface area contributed by atoms with E-state index in [1.54, 1.807) is 11.8 Å². The van der Waals surface area contributed by atoms with Crippen molar-refractivity contribution < 1.29 is 9.90 Å². The molecule has 2 aliphatic heterocycles. The molecule has 102 valence electrons. The predicted molar refractivity (Wildman–Crippen MR) is 76.4 cm³/mol. The van der Waals surface area contributed by atoms with Gasteiger partial charge < -0.3 is 10.0 Å². The molecule has 0 saturated carbocycles. The van der Waals surface area contributed by atoms with Gasteiger partial charge in [-0.25, -0.2) is 0 Å². The third-order valence-electron chi connectivity index (χ3n) is 4.28. The SMILES string of the molecule is CSc1ccc(C(=O)N2C3CCC2CC(O)C3)cc1. The number of nitrogens with zero attached hydrogens (tertiary/aromatic N) is 1. The lowest BCUT2D eigenvalue weighted by Crippen LogP contribution is -2.47. The minimum atomic E-state index is -0.222. The van der Waals surface area contributed by atoms with Gasteiger partial charge in [0.15, 0.2) is 0 Å². The van der Waals surface area contributed by atoms with Crippen molar-refractivity contribution in [1.82, 2.24) is 4.90 Å². The lowest BCUT2D eigenvalue weighted by atomic mass is 9.99. The molecule has 2 bridgehead atoms. The second-order valence-corrected chi connectivity index (χ2v) is 6.33. The van der Waals surface area contributed by atoms with E-state index in [4.69, 9.17) is 0 Å². The molecular weight excluding hydrogens is 258 g/mol. The Kier molecular flexibility index (Phi) is 3.54. The van der Waals surface area contributed by atoms with Crippen molar-refractivity contribution in [2.45, 2.75) is 48.8 Å². The van der Waals surface area contributed by atoms with E-state index in [9.17, 15) is 9.90 Å². The van der Waals surface area contributed by atoms with E-state index in [0.717, 1.165) is 31.2 Å². The van der Waals surface area contributed by atoms with Gasteiger partial charge in [-0.2, -0.15) is 0 Å². The minimum absolute atomic E-state index is 0.132. The number of piperidine rings is 1. The number of hydrogen-bond acceptors (Lipinski definition) is 3. The summed E-state index contributed by atoms with van der Waals surface area (Å²) in [5.74, 6) is 0.132. The summed E-state index contributed by atoms with van der Waals surface area (Å²) in [5.41, 5.74) is 0.770. The molecule has 0 radical (unpaired) electrons. The van der Waals surface area contributed by atoms with Crippen LogP contribution in [-0.4, -0.2) is 40.4 Å². The van der Waals surface area contributed by atoms with Crippen molar-refractivity contribution in [1.29, 1.82) is 0 Å². The Morgan fingerprint density at radius 3 is 2.32 bits per heavy atom. The lowest BCUT2D eigenvalue weighted by molar-refractivity contribution is 0.0287. The molecule has 3 nitrogen and oxygen atoms in total. The number of rotatable bonds is 2. The van der Waals surface area contributed by atoms with Crippen LogP contribution in [-0.2, 0) is 0 Å². The molecule has 1 amide bonds. The second-order valence-electron chi connectivity index (χ2n) is 5.45. The minimum Gasteiger partial charge on any atom is -0.393 e. The van der Waals surface area contributed by atoms with E-state index in [1.807, 2.05) is 35.4 Å². The van der Waals surface area contributed by atoms with Crippen LogP contribution in [0.2, 0.25) is 0 Å². The number of thioether (sulfide) groups is 1. The summed E-state index contributed by atoms with van der Waals surface area (Å²) in [4.78, 5) is 15.8. The molecule has 2 fully saturated rings. The Balaban J connectivity index is 1.80. The first-order valence-electron chi connectivity index (χ1n) is 6.84. The van der Waals surface area contributed by atoms with Gasteiger partial charge in [0.05, 0.1) is 6.10 Å². The molecule has 2 unspecified atom stereocenters. The van der Waals surface area contributed by atoms with Crippen molar-refractivity contribution in [3.63, 3.8) is 0 Å². The molecule has 0 aliphatic carbocycles. The number of fused-ring (bicyclic) bond motifs is 2. The van der Waals surface area contributed by atoms with Crippen LogP contribution in [0, 0.1) is 0 Å². The maximum atomic E-state index is 12.6. The van der Waals surface area contributed by atoms with E-state index in [0.29, 0.717) is 0 Å². The fraction of sp³-hybridized carbons (Fsp3) is 0.533. The third-order valence-corrected chi connectivity index (χ3v) is 5.02. The number of aliphatic hydroxyl groups is 1. The van der Waals surface area contributed by atoms with E-state index in [-0.39, 0.29) is 24.1 Å². The van der Waals surface area contributed by atoms with Gasteiger partial charge in [0.25, 0.3) is 5.91 Å². The van der Waals surface area contributed by atoms with E-state index < -0.39 is 0 Å². The number of hydrogen-bond donors (Lipinski definition) is 1. The normalized spacial score (nSPS) is 29.6. The zero-order valence-electron chi connectivity index (χ0n) is 11.1. The zero-order chi connectivity index (χ0) is 13.4. The molecule has 1 aromatic carbocycles. The van der Waals surface area contributed by atoms with Crippen LogP contribution in [0.5, 0.6) is 0 Å². The topological polar surface area (TPSA) is 40.5 Å². The predicted octanol–water partition coefficient (Wildman–Crippen LogP) is 2.54. The smallest absolute Gasteiger partial charge is 0.254 e. The van der Waals surface area contributed by atoms with Crippen molar-refractivity contribution in [2.24, 2.45) is 0 Å². The van der Waals surface area contributed by atoms with Crippen molar-refractivity contribution in [2.75, 3.05) is 6.26 Å². The highest BCUT2D eigenvalue weighted by molar-refractivity contribution is 7.98. The fourth-order valence-corrected chi connectivity index (χ4v) is 3.77. The molecular formula is C15H19NO2S. The van der Waals surface area contributed by atoms with Crippen molar-refractivity contribution >= 4 is 17.7 Å². The van der Waals surface area contributed by atoms with E-state index in [1.165, 1.54) is 4.90 Å². The maximum Gasteiger partial charge on any atom is 0.254 e. The number of carbonyl (C=O) groups excluding carboxylic acids is 1. The Labute approximate surface area is 118 Å². The summed E-state index contributed by atoms with van der Waals surface area (Å²) >= 11 is 1.68. The monoisotopic (exact) mass is 277 g/mol. The van der Waals surface area contributed by atoms with Crippen molar-refractivity contribution in [3.8, 4) is 0 Å². The molecule has 1 N–H and O–H groups in total. The average molecular weight is 277 g/mol. The Bertz CT molecular complexity index is 460. The molecule has 1 aromatic rings. The summed E-state index contributed by atoms with van der Waals surface area (Å²) in [6.45, 7) is 0. The van der Waals surface area contributed by atoms with Crippen LogP contribution in [0.25, 0.3) is 0 Å². The summed E-state index contributed by atoms with van der Waals surface area (Å²) in [6, 6.07) is 8.30. The Hall–Kier alpha value is -1.00. The first-order valence-corrected chi connectivity index (χ1v) is 8.06. The number of carbonyl (C=O) groups is 1. The third kappa shape index (κ3) is 2.39. The molecule has 2 aliphatic rings. The van der Waals surface area contributed by atoms with Gasteiger partial charge in [-0.15, -0.1) is 11.8 Å². The fourth-order valence-electron chi connectivity index (χ4n) is 3.36. The number of aliphatic hydroxyl groups excluding tert-OH is 1. The first-order chi connectivity index (χ1) is 9.19. The van der Waals surface area contributed by atoms with Gasteiger partial charge in [0.2, 0.25) is 0 Å². The van der Waals surface area contributed by atoms with Crippen LogP contribution >= 0.6 is 11.8 Å². The molecule has 2 atom stereocenters. The van der Waals surface area contributed by atoms with E-state index in [2.05, 4.69) is 0 Å². The highest BCUT2D eigenvalue weighted by Crippen LogP contribution is 2.36. The summed E-state index contributed by atoms with van der Waals surface area (Å²) in [7, 11) is 0. The van der Waals surface area contributed by atoms with Gasteiger partial charge in [0.1, 0.15) is 0 Å². The van der Waals surface area contributed by atoms with Gasteiger partial charge in [0, 0.05) is 22.5 Å². The molecule has 2 heterocycles. The second kappa shape index (κ2) is 5.17. The standard InChI is InChI=1S/C15H19NO2S/c1-19-14-6-2-10(3-7-14)15(18)16-11-4-5-12(16)9-13(17)8-11/h2-3,6-7,11-13,17H,4-5,8-9H2,1H3. The quantitative estimate of drug-likeness (QED) is 0.845. The van der Waals surface area contributed by atoms with Gasteiger partial charge >= 0.3 is 0 Å². The largest absolute Gasteiger partial charge is 0.393 e. The molecule has 3 rings (SSSR count). The summed E-state index contributed by atoms with van der Waals surface area (Å²) < 4.78 is 0. The number of benzene rings is 1. The van der Waals surface area contributed by atoms with Gasteiger partial charge in [-0.1, -0.05) is 0 Å². The Morgan fingerprint density at radius 1 is 1.21 bits per heavy atom. The molecule has 0 spiro atoms. The lowest BCUT2D eigenvalue weighted by Gasteiger charge is -2.37. The molecule has 2 saturated heterocycles. The Morgan fingerprint density at radius 2 is 1.79 bits per heavy atom. The van der Waals surface area contributed by atoms with Crippen LogP contribution in [0.15, 0.2) is 29.2 Å². The first kappa shape index (κ1) is 13.0. The molecule has 4 heteroatoms. The van der Waals surface area contributed by atoms with Crippen LogP contribution < -0.4 is 0 Å².